The Morgan fingerprint density at radius 1 is 1.00 bits per heavy atom. The summed E-state index contributed by atoms with van der Waals surface area (Å²) in [6, 6.07) is 15.4. The van der Waals surface area contributed by atoms with Gasteiger partial charge in [-0.15, -0.1) is 0 Å². The summed E-state index contributed by atoms with van der Waals surface area (Å²) in [5, 5.41) is 2.68. The average Bonchev–Trinajstić information content (AvgIpc) is 2.75. The van der Waals surface area contributed by atoms with E-state index in [4.69, 9.17) is 9.47 Å². The highest BCUT2D eigenvalue weighted by atomic mass is 16.5. The molecule has 0 radical (unpaired) electrons. The molecule has 0 bridgehead atoms. The molecular weight excluding hydrogens is 384 g/mol. The molecule has 2 aromatic carbocycles. The van der Waals surface area contributed by atoms with Gasteiger partial charge in [-0.1, -0.05) is 56.3 Å². The number of ether oxygens (including phenoxy) is 2. The molecule has 0 spiro atoms. The molecular formula is C23H28N2O5. The molecule has 30 heavy (non-hydrogen) atoms. The van der Waals surface area contributed by atoms with Crippen molar-refractivity contribution < 1.29 is 23.9 Å². The molecule has 1 N–H and O–H groups in total. The number of amides is 2. The Morgan fingerprint density at radius 2 is 1.63 bits per heavy atom. The monoisotopic (exact) mass is 412 g/mol. The van der Waals surface area contributed by atoms with Gasteiger partial charge in [0, 0.05) is 13.6 Å². The summed E-state index contributed by atoms with van der Waals surface area (Å²) >= 11 is 0. The van der Waals surface area contributed by atoms with Gasteiger partial charge in [0.05, 0.1) is 12.7 Å². The molecule has 0 aromatic heterocycles. The number of methoxy groups -OCH3 is 1. The number of nitrogens with one attached hydrogen (secondary N) is 1. The zero-order valence-corrected chi connectivity index (χ0v) is 17.8. The summed E-state index contributed by atoms with van der Waals surface area (Å²) in [4.78, 5) is 39.0. The van der Waals surface area contributed by atoms with Crippen molar-refractivity contribution in [2.24, 2.45) is 5.92 Å². The molecule has 2 aromatic rings. The zero-order chi connectivity index (χ0) is 22.1. The highest BCUT2D eigenvalue weighted by Gasteiger charge is 2.28. The van der Waals surface area contributed by atoms with Gasteiger partial charge >= 0.3 is 5.97 Å². The fourth-order valence-electron chi connectivity index (χ4n) is 2.83. The first-order valence-electron chi connectivity index (χ1n) is 9.72. The van der Waals surface area contributed by atoms with Gasteiger partial charge in [-0.25, -0.2) is 4.79 Å². The summed E-state index contributed by atoms with van der Waals surface area (Å²) in [5.74, 6) is -1.26. The lowest BCUT2D eigenvalue weighted by Gasteiger charge is -2.22. The van der Waals surface area contributed by atoms with Crippen LogP contribution < -0.4 is 10.1 Å². The van der Waals surface area contributed by atoms with Gasteiger partial charge < -0.3 is 19.7 Å². The molecule has 2 amide bonds. The number of carbonyl (C=O) groups excluding carboxylic acids is 3. The maximum absolute atomic E-state index is 12.6. The first kappa shape index (κ1) is 22.9. The number of likely N-dealkylation sites (N-methyl/N-ethyl adjacent to an activating group) is 1. The number of carbonyl (C=O) groups is 3. The van der Waals surface area contributed by atoms with Crippen LogP contribution in [0.1, 0.15) is 29.8 Å². The van der Waals surface area contributed by atoms with E-state index in [-0.39, 0.29) is 11.8 Å². The van der Waals surface area contributed by atoms with Crippen LogP contribution in [0.5, 0.6) is 5.75 Å². The summed E-state index contributed by atoms with van der Waals surface area (Å²) < 4.78 is 10.4. The second kappa shape index (κ2) is 11.0. The van der Waals surface area contributed by atoms with Crippen molar-refractivity contribution in [1.29, 1.82) is 0 Å². The molecule has 1 atom stereocenters. The molecule has 0 saturated carbocycles. The minimum atomic E-state index is -0.894. The topological polar surface area (TPSA) is 84.9 Å². The summed E-state index contributed by atoms with van der Waals surface area (Å²) in [5.41, 5.74) is 1.29. The molecule has 0 fully saturated rings. The van der Waals surface area contributed by atoms with Gasteiger partial charge in [0.25, 0.3) is 11.8 Å². The van der Waals surface area contributed by atoms with Gasteiger partial charge in [0.15, 0.2) is 6.61 Å². The maximum Gasteiger partial charge on any atom is 0.329 e. The highest BCUT2D eigenvalue weighted by Crippen LogP contribution is 2.18. The lowest BCUT2D eigenvalue weighted by molar-refractivity contribution is -0.154. The van der Waals surface area contributed by atoms with E-state index in [9.17, 15) is 14.4 Å². The van der Waals surface area contributed by atoms with Crippen molar-refractivity contribution in [3.8, 4) is 5.75 Å². The first-order valence-corrected chi connectivity index (χ1v) is 9.72. The van der Waals surface area contributed by atoms with Gasteiger partial charge in [-0.2, -0.15) is 0 Å². The SMILES string of the molecule is COc1ccccc1C(=O)N[C@H](C(=O)OCC(=O)N(C)Cc1ccccc1)C(C)C. The highest BCUT2D eigenvalue weighted by molar-refractivity contribution is 5.99. The van der Waals surface area contributed by atoms with E-state index in [0.717, 1.165) is 5.56 Å². The predicted octanol–water partition coefficient (Wildman–Crippen LogP) is 2.65. The van der Waals surface area contributed by atoms with E-state index < -0.39 is 24.5 Å². The Morgan fingerprint density at radius 3 is 2.27 bits per heavy atom. The van der Waals surface area contributed by atoms with Crippen LogP contribution in [0.25, 0.3) is 0 Å². The number of benzene rings is 2. The molecule has 0 saturated heterocycles. The lowest BCUT2D eigenvalue weighted by atomic mass is 10.0. The molecule has 0 aliphatic rings. The van der Waals surface area contributed by atoms with E-state index in [2.05, 4.69) is 5.32 Å². The summed E-state index contributed by atoms with van der Waals surface area (Å²) in [6.07, 6.45) is 0. The Hall–Kier alpha value is -3.35. The van der Waals surface area contributed by atoms with E-state index in [1.165, 1.54) is 12.0 Å². The second-order valence-corrected chi connectivity index (χ2v) is 7.24. The Kier molecular flexibility index (Phi) is 8.41. The fourth-order valence-corrected chi connectivity index (χ4v) is 2.83. The fraction of sp³-hybridized carbons (Fsp3) is 0.348. The van der Waals surface area contributed by atoms with Crippen LogP contribution >= 0.6 is 0 Å². The van der Waals surface area contributed by atoms with Crippen molar-refractivity contribution in [2.45, 2.75) is 26.4 Å². The van der Waals surface area contributed by atoms with Crippen molar-refractivity contribution in [1.82, 2.24) is 10.2 Å². The third kappa shape index (κ3) is 6.34. The number of nitrogens with zero attached hydrogens (tertiary/aromatic N) is 1. The standard InChI is InChI=1S/C23H28N2O5/c1-16(2)21(24-22(27)18-12-8-9-13-19(18)29-4)23(28)30-15-20(26)25(3)14-17-10-6-5-7-11-17/h5-13,16,21H,14-15H2,1-4H3,(H,24,27)/t21-/m0/s1. The van der Waals surface area contributed by atoms with Crippen molar-refractivity contribution >= 4 is 17.8 Å². The second-order valence-electron chi connectivity index (χ2n) is 7.24. The number of hydrogen-bond acceptors (Lipinski definition) is 5. The van der Waals surface area contributed by atoms with Crippen LogP contribution in [0.2, 0.25) is 0 Å². The third-order valence-electron chi connectivity index (χ3n) is 4.59. The molecule has 160 valence electrons. The maximum atomic E-state index is 12.6. The van der Waals surface area contributed by atoms with E-state index >= 15 is 0 Å². The zero-order valence-electron chi connectivity index (χ0n) is 17.8. The quantitative estimate of drug-likeness (QED) is 0.640. The normalized spacial score (nSPS) is 11.5. The van der Waals surface area contributed by atoms with E-state index in [0.29, 0.717) is 17.9 Å². The van der Waals surface area contributed by atoms with Gasteiger partial charge in [-0.3, -0.25) is 9.59 Å². The number of rotatable bonds is 9. The minimum absolute atomic E-state index is 0.228. The Balaban J connectivity index is 1.95. The molecule has 0 aliphatic heterocycles. The van der Waals surface area contributed by atoms with Gasteiger partial charge in [0.1, 0.15) is 11.8 Å². The largest absolute Gasteiger partial charge is 0.496 e. The van der Waals surface area contributed by atoms with Crippen molar-refractivity contribution in [2.75, 3.05) is 20.8 Å². The van der Waals surface area contributed by atoms with Crippen LogP contribution in [0.3, 0.4) is 0 Å². The lowest BCUT2D eigenvalue weighted by Crippen LogP contribution is -2.46. The number of para-hydroxylation sites is 1. The van der Waals surface area contributed by atoms with E-state index in [1.54, 1.807) is 45.2 Å². The Bertz CT molecular complexity index is 867. The number of esters is 1. The number of hydrogen-bond donors (Lipinski definition) is 1. The summed E-state index contributed by atoms with van der Waals surface area (Å²) in [6.45, 7) is 3.60. The van der Waals surface area contributed by atoms with Crippen LogP contribution in [-0.2, 0) is 20.9 Å². The molecule has 0 aliphatic carbocycles. The Labute approximate surface area is 177 Å². The van der Waals surface area contributed by atoms with Gasteiger partial charge in [0.2, 0.25) is 0 Å². The first-order chi connectivity index (χ1) is 14.3. The van der Waals surface area contributed by atoms with Crippen molar-refractivity contribution in [3.05, 3.63) is 65.7 Å². The van der Waals surface area contributed by atoms with Crippen molar-refractivity contribution in [3.63, 3.8) is 0 Å². The third-order valence-corrected chi connectivity index (χ3v) is 4.59. The van der Waals surface area contributed by atoms with Gasteiger partial charge in [-0.05, 0) is 23.6 Å². The minimum Gasteiger partial charge on any atom is -0.496 e. The van der Waals surface area contributed by atoms with Crippen LogP contribution in [0.4, 0.5) is 0 Å². The van der Waals surface area contributed by atoms with E-state index in [1.807, 2.05) is 30.3 Å². The molecule has 2 rings (SSSR count). The molecule has 7 heteroatoms. The summed E-state index contributed by atoms with van der Waals surface area (Å²) in [7, 11) is 3.12. The smallest absolute Gasteiger partial charge is 0.329 e. The van der Waals surface area contributed by atoms with Crippen LogP contribution in [-0.4, -0.2) is 49.5 Å². The van der Waals surface area contributed by atoms with Crippen LogP contribution in [0.15, 0.2) is 54.6 Å². The predicted molar refractivity (Wildman–Crippen MR) is 113 cm³/mol. The van der Waals surface area contributed by atoms with Crippen LogP contribution in [0, 0.1) is 5.92 Å². The average molecular weight is 412 g/mol. The molecule has 0 heterocycles. The molecule has 7 nitrogen and oxygen atoms in total. The molecule has 0 unspecified atom stereocenters.